The number of nitrogens with zero attached hydrogens (tertiary/aromatic N) is 1. The smallest absolute Gasteiger partial charge is 0.326 e. The van der Waals surface area contributed by atoms with Gasteiger partial charge in [-0.1, -0.05) is 0 Å². The lowest BCUT2D eigenvalue weighted by atomic mass is 10.1. The van der Waals surface area contributed by atoms with Crippen LogP contribution in [0.1, 0.15) is 38.5 Å². The molecular formula is C18H32N6O7. The summed E-state index contributed by atoms with van der Waals surface area (Å²) in [6.45, 7) is -0.147. The molecule has 13 heteroatoms. The molecule has 1 rings (SSSR count). The maximum absolute atomic E-state index is 12.7. The van der Waals surface area contributed by atoms with Gasteiger partial charge in [-0.05, 0) is 38.6 Å². The predicted octanol–water partition coefficient (Wildman–Crippen LogP) is -3.64. The van der Waals surface area contributed by atoms with Crippen LogP contribution in [0.25, 0.3) is 0 Å². The molecule has 1 aliphatic heterocycles. The normalized spacial score (nSPS) is 18.7. The van der Waals surface area contributed by atoms with Crippen molar-refractivity contribution in [1.82, 2.24) is 15.5 Å². The minimum atomic E-state index is -1.40. The number of primary amides is 1. The van der Waals surface area contributed by atoms with Gasteiger partial charge < -0.3 is 42.9 Å². The Morgan fingerprint density at radius 1 is 1.10 bits per heavy atom. The molecule has 1 fully saturated rings. The van der Waals surface area contributed by atoms with Gasteiger partial charge in [0.1, 0.15) is 18.1 Å². The Balaban J connectivity index is 2.75. The molecule has 31 heavy (non-hydrogen) atoms. The molecule has 0 spiro atoms. The van der Waals surface area contributed by atoms with Crippen molar-refractivity contribution < 1.29 is 34.2 Å². The number of carboxylic acids is 1. The van der Waals surface area contributed by atoms with Gasteiger partial charge in [-0.3, -0.25) is 19.2 Å². The summed E-state index contributed by atoms with van der Waals surface area (Å²) in [5.74, 6) is -4.17. The fourth-order valence-corrected chi connectivity index (χ4v) is 3.30. The van der Waals surface area contributed by atoms with E-state index in [1.807, 2.05) is 0 Å². The molecular weight excluding hydrogens is 412 g/mol. The molecule has 0 bridgehead atoms. The van der Waals surface area contributed by atoms with E-state index in [1.54, 1.807) is 0 Å². The van der Waals surface area contributed by atoms with Gasteiger partial charge in [-0.25, -0.2) is 4.79 Å². The van der Waals surface area contributed by atoms with E-state index in [2.05, 4.69) is 10.6 Å². The molecule has 10 N–H and O–H groups in total. The molecule has 0 saturated carbocycles. The molecule has 0 aliphatic carbocycles. The van der Waals surface area contributed by atoms with Crippen molar-refractivity contribution >= 4 is 29.6 Å². The second kappa shape index (κ2) is 12.8. The Morgan fingerprint density at radius 2 is 1.77 bits per heavy atom. The number of amides is 4. The maximum atomic E-state index is 12.7. The van der Waals surface area contributed by atoms with Gasteiger partial charge in [0.2, 0.25) is 23.6 Å². The van der Waals surface area contributed by atoms with E-state index >= 15 is 0 Å². The summed E-state index contributed by atoms with van der Waals surface area (Å²) in [5.41, 5.74) is 16.1. The quantitative estimate of drug-likeness (QED) is 0.139. The summed E-state index contributed by atoms with van der Waals surface area (Å²) in [7, 11) is 0. The first-order valence-electron chi connectivity index (χ1n) is 10.1. The molecule has 0 radical (unpaired) electrons. The average Bonchev–Trinajstić information content (AvgIpc) is 3.19. The summed E-state index contributed by atoms with van der Waals surface area (Å²) in [4.78, 5) is 61.0. The SMILES string of the molecule is NCCCCC(NC(=O)C(CO)NC(=O)C1CCCN1C(=O)C(N)CC(N)=O)C(=O)O. The highest BCUT2D eigenvalue weighted by molar-refractivity contribution is 5.95. The number of likely N-dealkylation sites (tertiary alicyclic amines) is 1. The number of carbonyl (C=O) groups excluding carboxylic acids is 4. The predicted molar refractivity (Wildman–Crippen MR) is 108 cm³/mol. The molecule has 0 aromatic carbocycles. The highest BCUT2D eigenvalue weighted by Gasteiger charge is 2.38. The second-order valence-electron chi connectivity index (χ2n) is 7.39. The molecule has 4 amide bonds. The lowest BCUT2D eigenvalue weighted by Crippen LogP contribution is -2.57. The molecule has 0 aromatic heterocycles. The Hall–Kier alpha value is -2.77. The van der Waals surface area contributed by atoms with E-state index in [9.17, 15) is 34.2 Å². The van der Waals surface area contributed by atoms with Crippen LogP contribution in [0.15, 0.2) is 0 Å². The highest BCUT2D eigenvalue weighted by Crippen LogP contribution is 2.19. The summed E-state index contributed by atoms with van der Waals surface area (Å²) in [5, 5.41) is 23.4. The lowest BCUT2D eigenvalue weighted by Gasteiger charge is -2.28. The monoisotopic (exact) mass is 444 g/mol. The molecule has 1 aliphatic rings. The third-order valence-corrected chi connectivity index (χ3v) is 4.95. The fraction of sp³-hybridized carbons (Fsp3) is 0.722. The van der Waals surface area contributed by atoms with Crippen LogP contribution in [0.3, 0.4) is 0 Å². The summed E-state index contributed by atoms with van der Waals surface area (Å²) in [6, 6.07) is -4.72. The molecule has 1 saturated heterocycles. The van der Waals surface area contributed by atoms with Crippen molar-refractivity contribution in [2.75, 3.05) is 19.7 Å². The fourth-order valence-electron chi connectivity index (χ4n) is 3.30. The van der Waals surface area contributed by atoms with E-state index in [0.717, 1.165) is 0 Å². The Morgan fingerprint density at radius 3 is 2.32 bits per heavy atom. The van der Waals surface area contributed by atoms with E-state index in [1.165, 1.54) is 4.90 Å². The van der Waals surface area contributed by atoms with E-state index in [4.69, 9.17) is 17.2 Å². The zero-order valence-corrected chi connectivity index (χ0v) is 17.3. The molecule has 176 valence electrons. The van der Waals surface area contributed by atoms with Gasteiger partial charge in [-0.15, -0.1) is 0 Å². The van der Waals surface area contributed by atoms with Crippen molar-refractivity contribution in [3.05, 3.63) is 0 Å². The zero-order chi connectivity index (χ0) is 23.6. The number of rotatable bonds is 13. The largest absolute Gasteiger partial charge is 0.480 e. The van der Waals surface area contributed by atoms with Crippen molar-refractivity contribution in [1.29, 1.82) is 0 Å². The Kier molecular flexibility index (Phi) is 10.9. The first-order valence-corrected chi connectivity index (χ1v) is 10.1. The first kappa shape index (κ1) is 26.3. The van der Waals surface area contributed by atoms with Crippen LogP contribution in [0.5, 0.6) is 0 Å². The van der Waals surface area contributed by atoms with Crippen molar-refractivity contribution in [3.8, 4) is 0 Å². The summed E-state index contributed by atoms with van der Waals surface area (Å²) < 4.78 is 0. The van der Waals surface area contributed by atoms with Gasteiger partial charge >= 0.3 is 5.97 Å². The summed E-state index contributed by atoms with van der Waals surface area (Å²) in [6.07, 6.45) is 1.65. The number of hydrogen-bond donors (Lipinski definition) is 7. The summed E-state index contributed by atoms with van der Waals surface area (Å²) >= 11 is 0. The number of aliphatic carboxylic acids is 1. The number of carboxylic acid groups (broad SMARTS) is 1. The minimum absolute atomic E-state index is 0.146. The highest BCUT2D eigenvalue weighted by atomic mass is 16.4. The number of aliphatic hydroxyl groups excluding tert-OH is 1. The van der Waals surface area contributed by atoms with Crippen LogP contribution in [-0.4, -0.2) is 88.6 Å². The molecule has 13 nitrogen and oxygen atoms in total. The van der Waals surface area contributed by atoms with Crippen LogP contribution in [0.4, 0.5) is 0 Å². The average molecular weight is 444 g/mol. The van der Waals surface area contributed by atoms with Gasteiger partial charge in [0.15, 0.2) is 0 Å². The molecule has 0 aromatic rings. The number of nitrogens with two attached hydrogens (primary N) is 3. The Labute approximate surface area is 179 Å². The number of nitrogens with one attached hydrogen (secondary N) is 2. The van der Waals surface area contributed by atoms with Crippen molar-refractivity contribution in [2.24, 2.45) is 17.2 Å². The van der Waals surface area contributed by atoms with Gasteiger partial charge in [0, 0.05) is 6.54 Å². The zero-order valence-electron chi connectivity index (χ0n) is 17.3. The minimum Gasteiger partial charge on any atom is -0.480 e. The lowest BCUT2D eigenvalue weighted by molar-refractivity contribution is -0.143. The van der Waals surface area contributed by atoms with Crippen LogP contribution in [0, 0.1) is 0 Å². The third-order valence-electron chi connectivity index (χ3n) is 4.95. The molecule has 1 heterocycles. The number of unbranched alkanes of at least 4 members (excludes halogenated alkanes) is 1. The maximum Gasteiger partial charge on any atom is 0.326 e. The van der Waals surface area contributed by atoms with Crippen LogP contribution < -0.4 is 27.8 Å². The van der Waals surface area contributed by atoms with Gasteiger partial charge in [-0.2, -0.15) is 0 Å². The van der Waals surface area contributed by atoms with Crippen LogP contribution in [-0.2, 0) is 24.0 Å². The van der Waals surface area contributed by atoms with Crippen molar-refractivity contribution in [2.45, 2.75) is 62.7 Å². The van der Waals surface area contributed by atoms with E-state index in [0.29, 0.717) is 32.2 Å². The van der Waals surface area contributed by atoms with Crippen LogP contribution >= 0.6 is 0 Å². The third kappa shape index (κ3) is 8.11. The van der Waals surface area contributed by atoms with E-state index in [-0.39, 0.29) is 19.4 Å². The number of carbonyl (C=O) groups is 5. The van der Waals surface area contributed by atoms with Crippen LogP contribution in [0.2, 0.25) is 0 Å². The Bertz CT molecular complexity index is 674. The number of hydrogen-bond acceptors (Lipinski definition) is 8. The first-order chi connectivity index (χ1) is 14.6. The topological polar surface area (TPSA) is 231 Å². The second-order valence-corrected chi connectivity index (χ2v) is 7.39. The van der Waals surface area contributed by atoms with Gasteiger partial charge in [0.05, 0.1) is 19.1 Å². The van der Waals surface area contributed by atoms with Gasteiger partial charge in [0.25, 0.3) is 0 Å². The number of aliphatic hydroxyl groups is 1. The van der Waals surface area contributed by atoms with Crippen molar-refractivity contribution in [3.63, 3.8) is 0 Å². The molecule has 4 unspecified atom stereocenters. The molecule has 4 atom stereocenters. The standard InChI is InChI=1S/C18H32N6O7/c19-6-2-1-4-11(18(30)31)22-15(27)12(9-25)23-16(28)13-5-3-7-24(13)17(29)10(20)8-14(21)26/h10-13,25H,1-9,19-20H2,(H2,21,26)(H,22,27)(H,23,28)(H,30,31). The van der Waals surface area contributed by atoms with E-state index < -0.39 is 60.4 Å².